The maximum atomic E-state index is 14.4. The van der Waals surface area contributed by atoms with Crippen molar-refractivity contribution < 1.29 is 36.8 Å². The number of esters is 1. The number of halogens is 5. The van der Waals surface area contributed by atoms with Crippen LogP contribution in [0.25, 0.3) is 11.0 Å². The quantitative estimate of drug-likeness (QED) is 0.145. The molecule has 6 nitrogen and oxygen atoms in total. The number of fused-ring (bicyclic) bond motifs is 1. The molecule has 0 fully saturated rings. The van der Waals surface area contributed by atoms with Crippen LogP contribution in [-0.2, 0) is 12.7 Å². The van der Waals surface area contributed by atoms with E-state index in [2.05, 4.69) is 0 Å². The first kappa shape index (κ1) is 31.4. The van der Waals surface area contributed by atoms with E-state index in [9.17, 15) is 22.8 Å². The highest BCUT2D eigenvalue weighted by Crippen LogP contribution is 2.40. The van der Waals surface area contributed by atoms with Gasteiger partial charge in [-0.3, -0.25) is 4.79 Å². The van der Waals surface area contributed by atoms with Crippen LogP contribution in [0.15, 0.2) is 63.8 Å². The van der Waals surface area contributed by atoms with Crippen molar-refractivity contribution in [3.8, 4) is 17.2 Å². The van der Waals surface area contributed by atoms with Gasteiger partial charge in [0.25, 0.3) is 5.76 Å². The second-order valence-electron chi connectivity index (χ2n) is 9.84. The molecule has 0 saturated heterocycles. The monoisotopic (exact) mass is 622 g/mol. The molecule has 11 heteroatoms. The van der Waals surface area contributed by atoms with E-state index in [-0.39, 0.29) is 40.1 Å². The van der Waals surface area contributed by atoms with Gasteiger partial charge < -0.3 is 18.8 Å². The second-order valence-corrected chi connectivity index (χ2v) is 10.7. The fraction of sp³-hybridized carbons (Fsp3) is 0.290. The molecule has 42 heavy (non-hydrogen) atoms. The fourth-order valence-corrected chi connectivity index (χ4v) is 4.87. The van der Waals surface area contributed by atoms with Gasteiger partial charge in [0, 0.05) is 10.0 Å². The number of carbonyl (C=O) groups excluding carboxylic acids is 1. The van der Waals surface area contributed by atoms with Crippen molar-refractivity contribution in [2.45, 2.75) is 46.3 Å². The molecule has 0 aliphatic carbocycles. The highest BCUT2D eigenvalue weighted by atomic mass is 35.5. The van der Waals surface area contributed by atoms with Crippen molar-refractivity contribution in [3.05, 3.63) is 97.3 Å². The predicted octanol–water partition coefficient (Wildman–Crippen LogP) is 7.64. The van der Waals surface area contributed by atoms with E-state index >= 15 is 0 Å². The fourth-order valence-electron chi connectivity index (χ4n) is 4.62. The van der Waals surface area contributed by atoms with E-state index in [0.717, 1.165) is 17.7 Å². The SMILES string of the molecule is CCC[NH+](CCC)Cc1c(OC(=O)c2ccc(Cl)cc2)ccc2c(=O)c(Oc3ccc(Cl)c(C)c3)c(C(F)(F)F)oc12. The van der Waals surface area contributed by atoms with Crippen LogP contribution in [-0.4, -0.2) is 19.1 Å². The van der Waals surface area contributed by atoms with Crippen molar-refractivity contribution in [1.29, 1.82) is 0 Å². The molecule has 3 aromatic carbocycles. The van der Waals surface area contributed by atoms with Crippen LogP contribution in [0.1, 0.15) is 53.9 Å². The van der Waals surface area contributed by atoms with Gasteiger partial charge in [0.1, 0.15) is 18.0 Å². The minimum Gasteiger partial charge on any atom is -0.449 e. The lowest BCUT2D eigenvalue weighted by molar-refractivity contribution is -0.913. The van der Waals surface area contributed by atoms with Gasteiger partial charge in [-0.2, -0.15) is 13.2 Å². The number of aryl methyl sites for hydroxylation is 1. The summed E-state index contributed by atoms with van der Waals surface area (Å²) < 4.78 is 59.8. The lowest BCUT2D eigenvalue weighted by Gasteiger charge is -2.21. The first-order chi connectivity index (χ1) is 19.9. The smallest absolute Gasteiger partial charge is 0.449 e. The van der Waals surface area contributed by atoms with Gasteiger partial charge in [-0.05, 0) is 79.9 Å². The number of hydrogen-bond donors (Lipinski definition) is 1. The molecule has 0 bridgehead atoms. The summed E-state index contributed by atoms with van der Waals surface area (Å²) in [6, 6.07) is 12.9. The summed E-state index contributed by atoms with van der Waals surface area (Å²) in [5, 5.41) is 0.669. The molecule has 0 aliphatic rings. The molecule has 0 spiro atoms. The van der Waals surface area contributed by atoms with E-state index in [1.807, 2.05) is 13.8 Å². The summed E-state index contributed by atoms with van der Waals surface area (Å²) in [6.07, 6.45) is -3.47. The minimum atomic E-state index is -5.07. The number of hydrogen-bond acceptors (Lipinski definition) is 5. The van der Waals surface area contributed by atoms with Crippen LogP contribution >= 0.6 is 23.2 Å². The highest BCUT2D eigenvalue weighted by Gasteiger charge is 2.41. The van der Waals surface area contributed by atoms with Gasteiger partial charge >= 0.3 is 12.1 Å². The Kier molecular flexibility index (Phi) is 9.86. The topological polar surface area (TPSA) is 70.2 Å². The number of quaternary nitrogens is 1. The van der Waals surface area contributed by atoms with Crippen molar-refractivity contribution in [2.75, 3.05) is 13.1 Å². The zero-order chi connectivity index (χ0) is 30.6. The Bertz CT molecular complexity index is 1650. The summed E-state index contributed by atoms with van der Waals surface area (Å²) in [6.45, 7) is 7.18. The van der Waals surface area contributed by atoms with Crippen molar-refractivity contribution in [3.63, 3.8) is 0 Å². The number of carbonyl (C=O) groups is 1. The maximum Gasteiger partial charge on any atom is 0.453 e. The van der Waals surface area contributed by atoms with Gasteiger partial charge in [-0.1, -0.05) is 37.0 Å². The Balaban J connectivity index is 1.91. The maximum absolute atomic E-state index is 14.4. The Morgan fingerprint density at radius 3 is 2.24 bits per heavy atom. The highest BCUT2D eigenvalue weighted by molar-refractivity contribution is 6.31. The average Bonchev–Trinajstić information content (AvgIpc) is 2.93. The number of benzene rings is 3. The molecule has 4 rings (SSSR count). The number of nitrogens with one attached hydrogen (secondary N) is 1. The minimum absolute atomic E-state index is 0.00887. The van der Waals surface area contributed by atoms with Crippen LogP contribution < -0.4 is 19.8 Å². The standard InChI is InChI=1S/C31H28Cl2F3NO5/c1-4-14-37(15-5-2)17-23-25(41-30(39)19-6-8-20(32)9-7-19)13-11-22-26(38)28(29(31(34,35)36)42-27(22)23)40-21-10-12-24(33)18(3)16-21/h6-13,16H,4-5,14-15,17H2,1-3H3/p+1. The molecule has 1 heterocycles. The molecule has 1 N–H and O–H groups in total. The zero-order valence-corrected chi connectivity index (χ0v) is 24.7. The Morgan fingerprint density at radius 1 is 0.976 bits per heavy atom. The summed E-state index contributed by atoms with van der Waals surface area (Å²) in [4.78, 5) is 27.6. The van der Waals surface area contributed by atoms with Gasteiger partial charge in [0.05, 0.1) is 29.6 Å². The van der Waals surface area contributed by atoms with E-state index in [1.54, 1.807) is 6.92 Å². The zero-order valence-electron chi connectivity index (χ0n) is 23.2. The Hall–Kier alpha value is -3.53. The number of rotatable bonds is 10. The normalized spacial score (nSPS) is 11.7. The van der Waals surface area contributed by atoms with E-state index in [4.69, 9.17) is 37.1 Å². The predicted molar refractivity (Wildman–Crippen MR) is 155 cm³/mol. The molecule has 0 amide bonds. The molecule has 0 unspecified atom stereocenters. The molecule has 0 radical (unpaired) electrons. The molecule has 0 saturated carbocycles. The number of ether oxygens (including phenoxy) is 2. The van der Waals surface area contributed by atoms with Gasteiger partial charge in [0.15, 0.2) is 5.58 Å². The number of alkyl halides is 3. The van der Waals surface area contributed by atoms with Crippen LogP contribution in [0.2, 0.25) is 10.0 Å². The third-order valence-electron chi connectivity index (χ3n) is 6.60. The second kappa shape index (κ2) is 13.2. The molecule has 222 valence electrons. The van der Waals surface area contributed by atoms with Gasteiger partial charge in [0.2, 0.25) is 11.2 Å². The Labute approximate surface area is 250 Å². The van der Waals surface area contributed by atoms with Crippen molar-refractivity contribution in [2.24, 2.45) is 0 Å². The molecule has 0 atom stereocenters. The summed E-state index contributed by atoms with van der Waals surface area (Å²) >= 11 is 12.0. The average molecular weight is 623 g/mol. The lowest BCUT2D eigenvalue weighted by atomic mass is 10.1. The van der Waals surface area contributed by atoms with Crippen LogP contribution in [0.3, 0.4) is 0 Å². The van der Waals surface area contributed by atoms with Crippen LogP contribution in [0.4, 0.5) is 13.2 Å². The third-order valence-corrected chi connectivity index (χ3v) is 7.28. The largest absolute Gasteiger partial charge is 0.453 e. The first-order valence-electron chi connectivity index (χ1n) is 13.4. The van der Waals surface area contributed by atoms with E-state index in [0.29, 0.717) is 28.7 Å². The van der Waals surface area contributed by atoms with Crippen LogP contribution in [0, 0.1) is 6.92 Å². The molecular formula is C31H29Cl2F3NO5+. The summed E-state index contributed by atoms with van der Waals surface area (Å²) in [5.41, 5.74) is -0.421. The van der Waals surface area contributed by atoms with Gasteiger partial charge in [-0.25, -0.2) is 4.79 Å². The molecule has 1 aromatic heterocycles. The van der Waals surface area contributed by atoms with E-state index in [1.165, 1.54) is 54.6 Å². The third kappa shape index (κ3) is 7.09. The summed E-state index contributed by atoms with van der Waals surface area (Å²) in [7, 11) is 0. The van der Waals surface area contributed by atoms with Crippen molar-refractivity contribution >= 4 is 40.1 Å². The van der Waals surface area contributed by atoms with Gasteiger partial charge in [-0.15, -0.1) is 0 Å². The lowest BCUT2D eigenvalue weighted by Crippen LogP contribution is -3.10. The van der Waals surface area contributed by atoms with Crippen LogP contribution in [0.5, 0.6) is 17.2 Å². The molecule has 4 aromatic rings. The molecule has 0 aliphatic heterocycles. The first-order valence-corrected chi connectivity index (χ1v) is 14.1. The van der Waals surface area contributed by atoms with E-state index < -0.39 is 29.1 Å². The van der Waals surface area contributed by atoms with Crippen molar-refractivity contribution in [1.82, 2.24) is 0 Å². The Morgan fingerprint density at radius 2 is 1.64 bits per heavy atom. The molecular weight excluding hydrogens is 594 g/mol. The summed E-state index contributed by atoms with van der Waals surface area (Å²) in [5.74, 6) is -3.35.